The van der Waals surface area contributed by atoms with Crippen LogP contribution in [0, 0.1) is 11.8 Å². The summed E-state index contributed by atoms with van der Waals surface area (Å²) in [5.74, 6) is 3.37. The molecule has 7 heteroatoms. The number of fused-ring (bicyclic) bond motifs is 1. The van der Waals surface area contributed by atoms with Crippen LogP contribution in [0.25, 0.3) is 5.65 Å². The van der Waals surface area contributed by atoms with Crippen molar-refractivity contribution in [1.29, 1.82) is 0 Å². The van der Waals surface area contributed by atoms with Crippen molar-refractivity contribution in [3.05, 3.63) is 30.2 Å². The second-order valence-corrected chi connectivity index (χ2v) is 6.48. The minimum atomic E-state index is 0. The van der Waals surface area contributed by atoms with Gasteiger partial charge < -0.3 is 10.6 Å². The van der Waals surface area contributed by atoms with Crippen LogP contribution in [0.2, 0.25) is 0 Å². The van der Waals surface area contributed by atoms with Crippen molar-refractivity contribution >= 4 is 35.6 Å². The van der Waals surface area contributed by atoms with Crippen molar-refractivity contribution in [2.45, 2.75) is 39.2 Å². The summed E-state index contributed by atoms with van der Waals surface area (Å²) in [6, 6.07) is 5.90. The first-order valence-electron chi connectivity index (χ1n) is 8.49. The highest BCUT2D eigenvalue weighted by Gasteiger charge is 2.18. The fourth-order valence-corrected chi connectivity index (χ4v) is 3.17. The van der Waals surface area contributed by atoms with Gasteiger partial charge in [0.2, 0.25) is 0 Å². The Morgan fingerprint density at radius 1 is 1.21 bits per heavy atom. The molecule has 2 aromatic heterocycles. The first kappa shape index (κ1) is 19.0. The minimum Gasteiger partial charge on any atom is -0.356 e. The van der Waals surface area contributed by atoms with Crippen molar-refractivity contribution in [1.82, 2.24) is 25.2 Å². The van der Waals surface area contributed by atoms with E-state index in [4.69, 9.17) is 0 Å². The maximum Gasteiger partial charge on any atom is 0.191 e. The Bertz CT molecular complexity index is 660. The van der Waals surface area contributed by atoms with Crippen LogP contribution < -0.4 is 10.6 Å². The van der Waals surface area contributed by atoms with Gasteiger partial charge in [-0.3, -0.25) is 9.39 Å². The van der Waals surface area contributed by atoms with Gasteiger partial charge in [0.25, 0.3) is 0 Å². The largest absolute Gasteiger partial charge is 0.356 e. The molecule has 2 aromatic rings. The van der Waals surface area contributed by atoms with Crippen LogP contribution in [-0.4, -0.2) is 34.2 Å². The van der Waals surface area contributed by atoms with E-state index in [1.165, 1.54) is 25.7 Å². The Hall–Kier alpha value is -1.38. The molecule has 0 aliphatic heterocycles. The predicted molar refractivity (Wildman–Crippen MR) is 108 cm³/mol. The monoisotopic (exact) mass is 442 g/mol. The molecule has 1 saturated carbocycles. The van der Waals surface area contributed by atoms with Crippen LogP contribution in [-0.2, 0) is 6.54 Å². The number of pyridine rings is 1. The number of hydrogen-bond acceptors (Lipinski definition) is 3. The number of guanidine groups is 1. The summed E-state index contributed by atoms with van der Waals surface area (Å²) in [6.45, 7) is 3.95. The highest BCUT2D eigenvalue weighted by atomic mass is 127. The van der Waals surface area contributed by atoms with Crippen LogP contribution in [0.4, 0.5) is 0 Å². The molecule has 132 valence electrons. The van der Waals surface area contributed by atoms with E-state index in [-0.39, 0.29) is 24.0 Å². The van der Waals surface area contributed by atoms with Gasteiger partial charge in [0.1, 0.15) is 0 Å². The average Bonchev–Trinajstić information content (AvgIpc) is 3.00. The lowest BCUT2D eigenvalue weighted by Gasteiger charge is -2.26. The zero-order valence-electron chi connectivity index (χ0n) is 14.4. The fourth-order valence-electron chi connectivity index (χ4n) is 3.17. The van der Waals surface area contributed by atoms with Gasteiger partial charge in [-0.2, -0.15) is 0 Å². The summed E-state index contributed by atoms with van der Waals surface area (Å²) in [4.78, 5) is 4.30. The first-order valence-corrected chi connectivity index (χ1v) is 8.49. The molecule has 1 fully saturated rings. The Kier molecular flexibility index (Phi) is 7.26. The molecule has 1 aliphatic carbocycles. The average molecular weight is 442 g/mol. The molecule has 0 amide bonds. The van der Waals surface area contributed by atoms with Gasteiger partial charge in [-0.1, -0.05) is 25.8 Å². The molecule has 1 aliphatic rings. The van der Waals surface area contributed by atoms with Gasteiger partial charge in [0.15, 0.2) is 17.4 Å². The van der Waals surface area contributed by atoms with E-state index < -0.39 is 0 Å². The molecule has 0 aromatic carbocycles. The third-order valence-electron chi connectivity index (χ3n) is 4.72. The number of hydrogen-bond donors (Lipinski definition) is 2. The van der Waals surface area contributed by atoms with Gasteiger partial charge in [-0.25, -0.2) is 0 Å². The highest BCUT2D eigenvalue weighted by Crippen LogP contribution is 2.27. The smallest absolute Gasteiger partial charge is 0.191 e. The second-order valence-electron chi connectivity index (χ2n) is 6.48. The number of halogens is 1. The highest BCUT2D eigenvalue weighted by molar-refractivity contribution is 14.0. The SMILES string of the molecule is CN=C(NCc1nnc2ccccn12)NCC1CCC(C)CC1.I. The summed E-state index contributed by atoms with van der Waals surface area (Å²) >= 11 is 0. The maximum atomic E-state index is 4.30. The molecule has 0 radical (unpaired) electrons. The van der Waals surface area contributed by atoms with E-state index in [0.29, 0.717) is 6.54 Å². The molecule has 2 N–H and O–H groups in total. The van der Waals surface area contributed by atoms with Gasteiger partial charge >= 0.3 is 0 Å². The summed E-state index contributed by atoms with van der Waals surface area (Å²) < 4.78 is 1.99. The molecule has 0 spiro atoms. The summed E-state index contributed by atoms with van der Waals surface area (Å²) in [5.41, 5.74) is 0.864. The zero-order chi connectivity index (χ0) is 16.1. The maximum absolute atomic E-state index is 4.30. The van der Waals surface area contributed by atoms with Crippen LogP contribution >= 0.6 is 24.0 Å². The van der Waals surface area contributed by atoms with Crippen molar-refractivity contribution in [3.8, 4) is 0 Å². The Morgan fingerprint density at radius 2 is 2.00 bits per heavy atom. The predicted octanol–water partition coefficient (Wildman–Crippen LogP) is 2.84. The molecule has 0 unspecified atom stereocenters. The summed E-state index contributed by atoms with van der Waals surface area (Å²) in [5, 5.41) is 15.2. The van der Waals surface area contributed by atoms with E-state index in [0.717, 1.165) is 35.8 Å². The van der Waals surface area contributed by atoms with E-state index in [2.05, 4.69) is 32.7 Å². The Labute approximate surface area is 160 Å². The molecule has 3 rings (SSSR count). The van der Waals surface area contributed by atoms with Crippen molar-refractivity contribution in [3.63, 3.8) is 0 Å². The van der Waals surface area contributed by atoms with Crippen molar-refractivity contribution < 1.29 is 0 Å². The lowest BCUT2D eigenvalue weighted by molar-refractivity contribution is 0.289. The number of aliphatic imine (C=N–C) groups is 1. The van der Waals surface area contributed by atoms with E-state index in [1.54, 1.807) is 7.05 Å². The number of nitrogens with zero attached hydrogens (tertiary/aromatic N) is 4. The minimum absolute atomic E-state index is 0. The fraction of sp³-hybridized carbons (Fsp3) is 0.588. The van der Waals surface area contributed by atoms with E-state index in [9.17, 15) is 0 Å². The number of rotatable bonds is 4. The van der Waals surface area contributed by atoms with Crippen LogP contribution in [0.15, 0.2) is 29.4 Å². The van der Waals surface area contributed by atoms with Crippen molar-refractivity contribution in [2.75, 3.05) is 13.6 Å². The van der Waals surface area contributed by atoms with Crippen LogP contribution in [0.5, 0.6) is 0 Å². The molecule has 24 heavy (non-hydrogen) atoms. The first-order chi connectivity index (χ1) is 11.3. The van der Waals surface area contributed by atoms with Crippen molar-refractivity contribution in [2.24, 2.45) is 16.8 Å². The summed E-state index contributed by atoms with van der Waals surface area (Å²) in [7, 11) is 1.81. The quantitative estimate of drug-likeness (QED) is 0.434. The van der Waals surface area contributed by atoms with Gasteiger partial charge in [-0.15, -0.1) is 34.2 Å². The van der Waals surface area contributed by atoms with Gasteiger partial charge in [0, 0.05) is 19.8 Å². The molecule has 0 bridgehead atoms. The normalized spacial score (nSPS) is 21.3. The second kappa shape index (κ2) is 9.19. The van der Waals surface area contributed by atoms with Gasteiger partial charge in [0.05, 0.1) is 6.54 Å². The Balaban J connectivity index is 0.00000208. The van der Waals surface area contributed by atoms with Gasteiger partial charge in [-0.05, 0) is 36.8 Å². The third-order valence-corrected chi connectivity index (χ3v) is 4.72. The standard InChI is InChI=1S/C17H26N6.HI/c1-13-6-8-14(9-7-13)11-19-17(18-2)20-12-16-22-21-15-5-3-4-10-23(15)16;/h3-5,10,13-14H,6-9,11-12H2,1-2H3,(H2,18,19,20);1H. The molecule has 6 nitrogen and oxygen atoms in total. The molecular formula is C17H27IN6. The molecule has 2 heterocycles. The van der Waals surface area contributed by atoms with Crippen LogP contribution in [0.1, 0.15) is 38.4 Å². The van der Waals surface area contributed by atoms with Crippen LogP contribution in [0.3, 0.4) is 0 Å². The third kappa shape index (κ3) is 4.81. The molecular weight excluding hydrogens is 415 g/mol. The lowest BCUT2D eigenvalue weighted by Crippen LogP contribution is -2.40. The molecule has 0 atom stereocenters. The molecule has 0 saturated heterocycles. The summed E-state index contributed by atoms with van der Waals surface area (Å²) in [6.07, 6.45) is 7.32. The topological polar surface area (TPSA) is 66.6 Å². The number of aromatic nitrogens is 3. The zero-order valence-corrected chi connectivity index (χ0v) is 16.7. The van der Waals surface area contributed by atoms with E-state index >= 15 is 0 Å². The Morgan fingerprint density at radius 3 is 2.75 bits per heavy atom. The van der Waals surface area contributed by atoms with E-state index in [1.807, 2.05) is 28.8 Å². The lowest BCUT2D eigenvalue weighted by atomic mass is 9.83. The number of nitrogens with one attached hydrogen (secondary N) is 2.